The average Bonchev–Trinajstić information content (AvgIpc) is 2.72. The van der Waals surface area contributed by atoms with Crippen molar-refractivity contribution in [1.82, 2.24) is 4.90 Å². The minimum atomic E-state index is -0.812. The highest BCUT2D eigenvalue weighted by atomic mass is 16.4. The number of aliphatic carboxylic acids is 1. The van der Waals surface area contributed by atoms with Crippen LogP contribution in [0.25, 0.3) is 0 Å². The topological polar surface area (TPSA) is 57.6 Å². The van der Waals surface area contributed by atoms with Gasteiger partial charge in [-0.15, -0.1) is 0 Å². The van der Waals surface area contributed by atoms with Crippen LogP contribution < -0.4 is 0 Å². The first-order chi connectivity index (χ1) is 8.65. The summed E-state index contributed by atoms with van der Waals surface area (Å²) in [6.45, 7) is 0.677. The zero-order valence-corrected chi connectivity index (χ0v) is 10.1. The van der Waals surface area contributed by atoms with Crippen LogP contribution in [-0.4, -0.2) is 35.0 Å². The van der Waals surface area contributed by atoms with Gasteiger partial charge >= 0.3 is 5.97 Å². The number of carbonyl (C=O) groups excluding carboxylic acids is 1. The number of hydrogen-bond acceptors (Lipinski definition) is 2. The van der Waals surface area contributed by atoms with Crippen LogP contribution in [0.5, 0.6) is 0 Å². The molecule has 1 amide bonds. The van der Waals surface area contributed by atoms with E-state index in [1.807, 2.05) is 18.2 Å². The molecule has 2 aliphatic rings. The standard InChI is InChI=1S/C14H15NO3/c16-13(15-7-12(8-15)14(17)18)11-5-4-9-2-1-3-10(9)6-11/h4-6,12H,1-3,7-8H2,(H,17,18). The van der Waals surface area contributed by atoms with Gasteiger partial charge in [-0.2, -0.15) is 0 Å². The van der Waals surface area contributed by atoms with E-state index in [9.17, 15) is 9.59 Å². The molecular formula is C14H15NO3. The van der Waals surface area contributed by atoms with Crippen molar-refractivity contribution in [2.75, 3.05) is 13.1 Å². The van der Waals surface area contributed by atoms with Crippen LogP contribution in [0.4, 0.5) is 0 Å². The van der Waals surface area contributed by atoms with Gasteiger partial charge in [0.1, 0.15) is 0 Å². The first-order valence-corrected chi connectivity index (χ1v) is 6.29. The van der Waals surface area contributed by atoms with Gasteiger partial charge in [-0.25, -0.2) is 0 Å². The number of carboxylic acid groups (broad SMARTS) is 1. The number of fused-ring (bicyclic) bond motifs is 1. The van der Waals surface area contributed by atoms with Gasteiger partial charge in [0, 0.05) is 18.7 Å². The SMILES string of the molecule is O=C(O)C1CN(C(=O)c2ccc3c(c2)CCC3)C1. The number of carbonyl (C=O) groups is 2. The molecule has 0 bridgehead atoms. The molecule has 4 nitrogen and oxygen atoms in total. The Morgan fingerprint density at radius 2 is 1.89 bits per heavy atom. The van der Waals surface area contributed by atoms with Crippen molar-refractivity contribution in [3.05, 3.63) is 34.9 Å². The number of amides is 1. The monoisotopic (exact) mass is 245 g/mol. The van der Waals surface area contributed by atoms with Crippen molar-refractivity contribution in [2.45, 2.75) is 19.3 Å². The molecule has 0 unspecified atom stereocenters. The largest absolute Gasteiger partial charge is 0.481 e. The Kier molecular flexibility index (Phi) is 2.58. The van der Waals surface area contributed by atoms with Crippen molar-refractivity contribution >= 4 is 11.9 Å². The van der Waals surface area contributed by atoms with E-state index < -0.39 is 5.97 Å². The molecule has 0 aromatic heterocycles. The lowest BCUT2D eigenvalue weighted by Gasteiger charge is -2.36. The van der Waals surface area contributed by atoms with Crippen molar-refractivity contribution < 1.29 is 14.7 Å². The van der Waals surface area contributed by atoms with Gasteiger partial charge in [-0.05, 0) is 42.5 Å². The molecule has 1 saturated heterocycles. The number of carboxylic acids is 1. The summed E-state index contributed by atoms with van der Waals surface area (Å²) in [5.41, 5.74) is 3.31. The van der Waals surface area contributed by atoms with E-state index in [2.05, 4.69) is 0 Å². The summed E-state index contributed by atoms with van der Waals surface area (Å²) >= 11 is 0. The predicted octanol–water partition coefficient (Wildman–Crippen LogP) is 1.33. The lowest BCUT2D eigenvalue weighted by atomic mass is 9.98. The zero-order chi connectivity index (χ0) is 12.7. The van der Waals surface area contributed by atoms with Gasteiger partial charge in [0.05, 0.1) is 5.92 Å². The van der Waals surface area contributed by atoms with Gasteiger partial charge in [0.2, 0.25) is 0 Å². The summed E-state index contributed by atoms with van der Waals surface area (Å²) < 4.78 is 0. The minimum Gasteiger partial charge on any atom is -0.481 e. The van der Waals surface area contributed by atoms with E-state index >= 15 is 0 Å². The summed E-state index contributed by atoms with van der Waals surface area (Å²) in [4.78, 5) is 24.4. The third-order valence-electron chi connectivity index (χ3n) is 3.86. The van der Waals surface area contributed by atoms with E-state index in [4.69, 9.17) is 5.11 Å². The summed E-state index contributed by atoms with van der Waals surface area (Å²) in [7, 11) is 0. The molecular weight excluding hydrogens is 230 g/mol. The second-order valence-corrected chi connectivity index (χ2v) is 5.08. The van der Waals surface area contributed by atoms with Crippen LogP contribution in [0.15, 0.2) is 18.2 Å². The third kappa shape index (κ3) is 1.78. The van der Waals surface area contributed by atoms with Gasteiger partial charge in [0.25, 0.3) is 5.91 Å². The first kappa shape index (κ1) is 11.3. The van der Waals surface area contributed by atoms with Crippen LogP contribution in [-0.2, 0) is 17.6 Å². The predicted molar refractivity (Wildman–Crippen MR) is 65.5 cm³/mol. The van der Waals surface area contributed by atoms with E-state index in [0.717, 1.165) is 19.3 Å². The summed E-state index contributed by atoms with van der Waals surface area (Å²) in [5.74, 6) is -1.24. The molecule has 1 heterocycles. The lowest BCUT2D eigenvalue weighted by molar-refractivity contribution is -0.146. The number of rotatable bonds is 2. The highest BCUT2D eigenvalue weighted by Gasteiger charge is 2.36. The zero-order valence-electron chi connectivity index (χ0n) is 10.1. The fourth-order valence-electron chi connectivity index (χ4n) is 2.69. The van der Waals surface area contributed by atoms with Crippen molar-refractivity contribution in [2.24, 2.45) is 5.92 Å². The minimum absolute atomic E-state index is 0.0396. The van der Waals surface area contributed by atoms with Crippen LogP contribution >= 0.6 is 0 Å². The van der Waals surface area contributed by atoms with E-state index in [1.54, 1.807) is 4.90 Å². The molecule has 0 atom stereocenters. The Labute approximate surface area is 105 Å². The fraction of sp³-hybridized carbons (Fsp3) is 0.429. The van der Waals surface area contributed by atoms with Gasteiger partial charge < -0.3 is 10.0 Å². The highest BCUT2D eigenvalue weighted by Crippen LogP contribution is 2.25. The molecule has 94 valence electrons. The molecule has 0 saturated carbocycles. The summed E-state index contributed by atoms with van der Waals surface area (Å²) in [6, 6.07) is 5.86. The number of likely N-dealkylation sites (tertiary alicyclic amines) is 1. The molecule has 1 aromatic rings. The molecule has 1 N–H and O–H groups in total. The second kappa shape index (κ2) is 4.12. The van der Waals surface area contributed by atoms with Gasteiger partial charge in [0.15, 0.2) is 0 Å². The number of nitrogens with zero attached hydrogens (tertiary/aromatic N) is 1. The van der Waals surface area contributed by atoms with Gasteiger partial charge in [-0.3, -0.25) is 9.59 Å². The van der Waals surface area contributed by atoms with E-state index in [1.165, 1.54) is 11.1 Å². The summed E-state index contributed by atoms with van der Waals surface area (Å²) in [6.07, 6.45) is 3.32. The van der Waals surface area contributed by atoms with Crippen LogP contribution in [0.3, 0.4) is 0 Å². The molecule has 1 aromatic carbocycles. The van der Waals surface area contributed by atoms with Crippen molar-refractivity contribution in [3.8, 4) is 0 Å². The third-order valence-corrected chi connectivity index (χ3v) is 3.86. The number of benzene rings is 1. The quantitative estimate of drug-likeness (QED) is 0.855. The number of hydrogen-bond donors (Lipinski definition) is 1. The Balaban J connectivity index is 1.72. The normalized spacial score (nSPS) is 18.3. The Hall–Kier alpha value is -1.84. The van der Waals surface area contributed by atoms with E-state index in [-0.39, 0.29) is 11.8 Å². The van der Waals surface area contributed by atoms with Crippen molar-refractivity contribution in [3.63, 3.8) is 0 Å². The first-order valence-electron chi connectivity index (χ1n) is 6.29. The van der Waals surface area contributed by atoms with Crippen LogP contribution in [0, 0.1) is 5.92 Å². The second-order valence-electron chi connectivity index (χ2n) is 5.08. The molecule has 1 fully saturated rings. The average molecular weight is 245 g/mol. The maximum atomic E-state index is 12.1. The Morgan fingerprint density at radius 3 is 2.61 bits per heavy atom. The van der Waals surface area contributed by atoms with Gasteiger partial charge in [-0.1, -0.05) is 6.07 Å². The molecule has 18 heavy (non-hydrogen) atoms. The maximum absolute atomic E-state index is 12.1. The number of aryl methyl sites for hydroxylation is 2. The fourth-order valence-corrected chi connectivity index (χ4v) is 2.69. The van der Waals surface area contributed by atoms with Crippen LogP contribution in [0.1, 0.15) is 27.9 Å². The van der Waals surface area contributed by atoms with Crippen LogP contribution in [0.2, 0.25) is 0 Å². The Bertz CT molecular complexity index is 518. The molecule has 0 spiro atoms. The lowest BCUT2D eigenvalue weighted by Crippen LogP contribution is -2.53. The van der Waals surface area contributed by atoms with E-state index in [0.29, 0.717) is 18.7 Å². The summed E-state index contributed by atoms with van der Waals surface area (Å²) in [5, 5.41) is 8.79. The molecule has 1 aliphatic carbocycles. The highest BCUT2D eigenvalue weighted by molar-refractivity contribution is 5.96. The van der Waals surface area contributed by atoms with Crippen molar-refractivity contribution in [1.29, 1.82) is 0 Å². The molecule has 4 heteroatoms. The maximum Gasteiger partial charge on any atom is 0.310 e. The smallest absolute Gasteiger partial charge is 0.310 e. The molecule has 1 aliphatic heterocycles. The molecule has 0 radical (unpaired) electrons. The molecule has 3 rings (SSSR count). The Morgan fingerprint density at radius 1 is 1.17 bits per heavy atom.